The lowest BCUT2D eigenvalue weighted by Gasteiger charge is -1.98. The smallest absolute Gasteiger partial charge is 0.0124 e. The Labute approximate surface area is 95.9 Å². The van der Waals surface area contributed by atoms with E-state index in [9.17, 15) is 0 Å². The van der Waals surface area contributed by atoms with Gasteiger partial charge < -0.3 is 0 Å². The molecule has 1 aromatic carbocycles. The third kappa shape index (κ3) is 2.60. The largest absolute Gasteiger partial charge is 0.148 e. The van der Waals surface area contributed by atoms with Gasteiger partial charge in [-0.25, -0.2) is 0 Å². The summed E-state index contributed by atoms with van der Waals surface area (Å²) in [5, 5.41) is 5.16. The highest BCUT2D eigenvalue weighted by atomic mass is 32.1. The van der Waals surface area contributed by atoms with Crippen molar-refractivity contribution in [3.8, 4) is 0 Å². The maximum Gasteiger partial charge on any atom is 0.0124 e. The fourth-order valence-electron chi connectivity index (χ4n) is 1.96. The van der Waals surface area contributed by atoms with E-state index >= 15 is 0 Å². The average Bonchev–Trinajstić information content (AvgIpc) is 2.68. The second-order valence-corrected chi connectivity index (χ2v) is 5.02. The highest BCUT2D eigenvalue weighted by molar-refractivity contribution is 7.11. The zero-order valence-electron chi connectivity index (χ0n) is 9.33. The van der Waals surface area contributed by atoms with Gasteiger partial charge >= 0.3 is 0 Å². The molecule has 0 aliphatic rings. The van der Waals surface area contributed by atoms with Crippen LogP contribution in [-0.2, 0) is 6.42 Å². The molecule has 0 saturated heterocycles. The van der Waals surface area contributed by atoms with Gasteiger partial charge in [0, 0.05) is 4.88 Å². The number of aryl methyl sites for hydroxylation is 1. The van der Waals surface area contributed by atoms with Crippen molar-refractivity contribution in [3.05, 3.63) is 34.5 Å². The Morgan fingerprint density at radius 2 is 1.93 bits per heavy atom. The molecule has 0 saturated carbocycles. The molecule has 2 rings (SSSR count). The molecule has 0 aliphatic heterocycles. The molecule has 1 aromatic heterocycles. The predicted octanol–water partition coefficient (Wildman–Crippen LogP) is 5.02. The summed E-state index contributed by atoms with van der Waals surface area (Å²) in [6, 6.07) is 8.73. The second kappa shape index (κ2) is 5.32. The molecule has 15 heavy (non-hydrogen) atoms. The van der Waals surface area contributed by atoms with Crippen LogP contribution in [-0.4, -0.2) is 0 Å². The Kier molecular flexibility index (Phi) is 3.79. The number of rotatable bonds is 5. The molecule has 0 bridgehead atoms. The van der Waals surface area contributed by atoms with Gasteiger partial charge in [-0.15, -0.1) is 11.3 Å². The lowest BCUT2D eigenvalue weighted by atomic mass is 10.1. The molecule has 0 spiro atoms. The van der Waals surface area contributed by atoms with Crippen LogP contribution < -0.4 is 0 Å². The summed E-state index contributed by atoms with van der Waals surface area (Å²) < 4.78 is 0. The van der Waals surface area contributed by atoms with Crippen LogP contribution in [0.5, 0.6) is 0 Å². The first kappa shape index (κ1) is 10.7. The van der Waals surface area contributed by atoms with Crippen molar-refractivity contribution >= 4 is 22.1 Å². The lowest BCUT2D eigenvalue weighted by Crippen LogP contribution is -1.82. The van der Waals surface area contributed by atoms with Crippen molar-refractivity contribution in [2.24, 2.45) is 0 Å². The minimum atomic E-state index is 1.26. The summed E-state index contributed by atoms with van der Waals surface area (Å²) in [6.45, 7) is 2.26. The van der Waals surface area contributed by atoms with Crippen molar-refractivity contribution in [1.29, 1.82) is 0 Å². The molecule has 1 heteroatoms. The van der Waals surface area contributed by atoms with E-state index in [-0.39, 0.29) is 0 Å². The monoisotopic (exact) mass is 218 g/mol. The lowest BCUT2D eigenvalue weighted by molar-refractivity contribution is 0.671. The average molecular weight is 218 g/mol. The summed E-state index contributed by atoms with van der Waals surface area (Å²) in [5.41, 5.74) is 0. The highest BCUT2D eigenvalue weighted by Gasteiger charge is 2.02. The maximum absolute atomic E-state index is 2.28. The number of unbranched alkanes of at least 4 members (excludes halogenated alkanes) is 3. The Morgan fingerprint density at radius 1 is 1.07 bits per heavy atom. The van der Waals surface area contributed by atoms with E-state index in [1.54, 1.807) is 4.88 Å². The van der Waals surface area contributed by atoms with Gasteiger partial charge in [0.2, 0.25) is 0 Å². The minimum absolute atomic E-state index is 1.26. The van der Waals surface area contributed by atoms with Crippen LogP contribution in [0.15, 0.2) is 29.6 Å². The summed E-state index contributed by atoms with van der Waals surface area (Å²) in [5.74, 6) is 0. The van der Waals surface area contributed by atoms with E-state index in [0.717, 1.165) is 0 Å². The number of fused-ring (bicyclic) bond motifs is 1. The fourth-order valence-corrected chi connectivity index (χ4v) is 3.01. The number of hydrogen-bond donors (Lipinski definition) is 0. The van der Waals surface area contributed by atoms with Gasteiger partial charge in [-0.1, -0.05) is 50.5 Å². The van der Waals surface area contributed by atoms with Crippen LogP contribution in [0, 0.1) is 0 Å². The molecule has 1 heterocycles. The van der Waals surface area contributed by atoms with Crippen LogP contribution in [0.25, 0.3) is 10.8 Å². The van der Waals surface area contributed by atoms with E-state index in [1.807, 2.05) is 11.3 Å². The first-order valence-corrected chi connectivity index (χ1v) is 6.75. The van der Waals surface area contributed by atoms with Crippen molar-refractivity contribution in [3.63, 3.8) is 0 Å². The van der Waals surface area contributed by atoms with Gasteiger partial charge in [-0.3, -0.25) is 0 Å². The number of hydrogen-bond acceptors (Lipinski definition) is 1. The Balaban J connectivity index is 2.02. The number of benzene rings is 1. The van der Waals surface area contributed by atoms with Crippen molar-refractivity contribution in [2.45, 2.75) is 39.0 Å². The molecular formula is C14H18S. The van der Waals surface area contributed by atoms with Gasteiger partial charge in [-0.05, 0) is 29.0 Å². The van der Waals surface area contributed by atoms with Crippen molar-refractivity contribution < 1.29 is 0 Å². The van der Waals surface area contributed by atoms with Crippen molar-refractivity contribution in [2.75, 3.05) is 0 Å². The molecule has 0 radical (unpaired) electrons. The van der Waals surface area contributed by atoms with Crippen LogP contribution >= 0.6 is 11.3 Å². The topological polar surface area (TPSA) is 0 Å². The minimum Gasteiger partial charge on any atom is -0.148 e. The molecule has 0 aliphatic carbocycles. The van der Waals surface area contributed by atoms with Crippen LogP contribution in [0.4, 0.5) is 0 Å². The van der Waals surface area contributed by atoms with Crippen LogP contribution in [0.1, 0.15) is 37.5 Å². The standard InChI is InChI=1S/C14H18S/c1-2-3-4-5-10-14-13-9-7-6-8-12(13)11-15-14/h6-9,11H,2-5,10H2,1H3. The Bertz CT molecular complexity index is 414. The van der Waals surface area contributed by atoms with E-state index in [1.165, 1.54) is 42.9 Å². The summed E-state index contributed by atoms with van der Waals surface area (Å²) in [6.07, 6.45) is 6.69. The molecule has 0 N–H and O–H groups in total. The zero-order valence-corrected chi connectivity index (χ0v) is 10.1. The van der Waals surface area contributed by atoms with Gasteiger partial charge in [0.05, 0.1) is 0 Å². The van der Waals surface area contributed by atoms with Gasteiger partial charge in [0.15, 0.2) is 0 Å². The van der Waals surface area contributed by atoms with Crippen LogP contribution in [0.3, 0.4) is 0 Å². The van der Waals surface area contributed by atoms with Gasteiger partial charge in [0.25, 0.3) is 0 Å². The zero-order chi connectivity index (χ0) is 10.5. The summed E-state index contributed by atoms with van der Waals surface area (Å²) in [4.78, 5) is 1.57. The SMILES string of the molecule is CCCCCCc1scc2ccccc12. The first-order chi connectivity index (χ1) is 7.42. The van der Waals surface area contributed by atoms with E-state index < -0.39 is 0 Å². The molecule has 0 nitrogen and oxygen atoms in total. The van der Waals surface area contributed by atoms with Gasteiger partial charge in [-0.2, -0.15) is 0 Å². The van der Waals surface area contributed by atoms with E-state index in [2.05, 4.69) is 36.6 Å². The molecule has 0 atom stereocenters. The molecule has 80 valence electrons. The second-order valence-electron chi connectivity index (χ2n) is 4.06. The maximum atomic E-state index is 2.28. The molecule has 0 amide bonds. The fraction of sp³-hybridized carbons (Fsp3) is 0.429. The summed E-state index contributed by atoms with van der Waals surface area (Å²) in [7, 11) is 0. The van der Waals surface area contributed by atoms with Crippen molar-refractivity contribution in [1.82, 2.24) is 0 Å². The molecule has 0 unspecified atom stereocenters. The first-order valence-electron chi connectivity index (χ1n) is 5.87. The molecular weight excluding hydrogens is 200 g/mol. The van der Waals surface area contributed by atoms with Crippen LogP contribution in [0.2, 0.25) is 0 Å². The quantitative estimate of drug-likeness (QED) is 0.618. The number of thiophene rings is 1. The Morgan fingerprint density at radius 3 is 2.80 bits per heavy atom. The normalized spacial score (nSPS) is 11.0. The Hall–Kier alpha value is -0.820. The van der Waals surface area contributed by atoms with Gasteiger partial charge in [0.1, 0.15) is 0 Å². The summed E-state index contributed by atoms with van der Waals surface area (Å²) >= 11 is 1.92. The third-order valence-electron chi connectivity index (χ3n) is 2.85. The third-order valence-corrected chi connectivity index (χ3v) is 3.93. The molecule has 2 aromatic rings. The van der Waals surface area contributed by atoms with E-state index in [0.29, 0.717) is 0 Å². The highest BCUT2D eigenvalue weighted by Crippen LogP contribution is 2.26. The van der Waals surface area contributed by atoms with E-state index in [4.69, 9.17) is 0 Å². The predicted molar refractivity (Wildman–Crippen MR) is 69.7 cm³/mol. The molecule has 0 fully saturated rings.